The first kappa shape index (κ1) is 47.4. The third-order valence-corrected chi connectivity index (χ3v) is 17.1. The Morgan fingerprint density at radius 2 is 1.59 bits per heavy atom. The molecule has 0 spiro atoms. The fourth-order valence-electron chi connectivity index (χ4n) is 10.9. The maximum atomic E-state index is 13.4. The van der Waals surface area contributed by atoms with Crippen molar-refractivity contribution in [2.24, 2.45) is 13.0 Å². The number of carbonyl (C=O) groups is 4. The number of aromatic nitrogens is 4. The number of methoxy groups -OCH3 is 1. The number of likely N-dealkylation sites (tertiary alicyclic amines) is 1. The van der Waals surface area contributed by atoms with Crippen LogP contribution in [0, 0.1) is 5.92 Å². The van der Waals surface area contributed by atoms with Gasteiger partial charge in [-0.05, 0) is 134 Å². The Bertz CT molecular complexity index is 2910. The standard InChI is InChI=1S/C52H60BrN12O5P/c1-60-28-34(25-55-60)38-23-42(57-52-54-26-40(53)48(59-52)56-41-10-7-33(32-5-6-32)21-46(41)71(3)4)45(70-2)24-44(38)63-19-17-61(18-20-63)27-31-13-15-62(16-14-31)36-29-64(30-36)35-8-9-37-39(22-35)51(69)65(50(37)68)43-11-12-47(66)58-49(43)67/h7-10,21-26,28,31-32,36,43H,5-6,11-20,27,29-30H2,1-4H3,(H,58,66,67)(H2,54,56,57,59). The highest BCUT2D eigenvalue weighted by molar-refractivity contribution is 9.10. The average molecular weight is 1040 g/mol. The van der Waals surface area contributed by atoms with Crippen molar-refractivity contribution in [1.29, 1.82) is 0 Å². The summed E-state index contributed by atoms with van der Waals surface area (Å²) >= 11 is 3.70. The first-order valence-electron chi connectivity index (χ1n) is 24.8. The van der Waals surface area contributed by atoms with E-state index in [1.807, 2.05) is 24.0 Å². The Balaban J connectivity index is 0.695. The lowest BCUT2D eigenvalue weighted by atomic mass is 9.93. The molecule has 71 heavy (non-hydrogen) atoms. The van der Waals surface area contributed by atoms with Gasteiger partial charge in [-0.3, -0.25) is 43.9 Å². The molecular weight excluding hydrogens is 984 g/mol. The quantitative estimate of drug-likeness (QED) is 0.0813. The Morgan fingerprint density at radius 3 is 2.30 bits per heavy atom. The number of piperidine rings is 2. The first-order valence-corrected chi connectivity index (χ1v) is 27.8. The zero-order valence-electron chi connectivity index (χ0n) is 40.7. The second-order valence-corrected chi connectivity index (χ2v) is 23.2. The van der Waals surface area contributed by atoms with E-state index in [0.29, 0.717) is 46.5 Å². The summed E-state index contributed by atoms with van der Waals surface area (Å²) in [5.74, 6) is 1.25. The van der Waals surface area contributed by atoms with Gasteiger partial charge < -0.3 is 25.2 Å². The van der Waals surface area contributed by atoms with Gasteiger partial charge in [-0.15, -0.1) is 0 Å². The van der Waals surface area contributed by atoms with E-state index in [1.165, 1.54) is 23.7 Å². The van der Waals surface area contributed by atoms with Crippen LogP contribution in [0.15, 0.2) is 71.6 Å². The molecule has 5 aliphatic heterocycles. The van der Waals surface area contributed by atoms with Gasteiger partial charge in [0.1, 0.15) is 17.6 Å². The van der Waals surface area contributed by atoms with E-state index in [9.17, 15) is 19.2 Å². The van der Waals surface area contributed by atoms with Crippen LogP contribution in [0.25, 0.3) is 11.1 Å². The van der Waals surface area contributed by atoms with Gasteiger partial charge in [-0.1, -0.05) is 14.0 Å². The monoisotopic (exact) mass is 1040 g/mol. The van der Waals surface area contributed by atoms with Crippen molar-refractivity contribution in [2.45, 2.75) is 56.5 Å². The van der Waals surface area contributed by atoms with E-state index < -0.39 is 23.8 Å². The maximum absolute atomic E-state index is 13.4. The molecule has 370 valence electrons. The third-order valence-electron chi connectivity index (χ3n) is 15.2. The second kappa shape index (κ2) is 19.6. The lowest BCUT2D eigenvalue weighted by molar-refractivity contribution is -0.136. The molecule has 7 heterocycles. The van der Waals surface area contributed by atoms with Gasteiger partial charge in [-0.25, -0.2) is 4.98 Å². The smallest absolute Gasteiger partial charge is 0.262 e. The molecule has 3 N–H and O–H groups in total. The molecule has 19 heteroatoms. The molecule has 2 aromatic heterocycles. The van der Waals surface area contributed by atoms with E-state index in [-0.39, 0.29) is 26.7 Å². The Labute approximate surface area is 423 Å². The van der Waals surface area contributed by atoms with Crippen LogP contribution in [0.2, 0.25) is 0 Å². The van der Waals surface area contributed by atoms with Crippen LogP contribution in [0.4, 0.5) is 34.5 Å². The number of fused-ring (bicyclic) bond motifs is 1. The van der Waals surface area contributed by atoms with Crippen molar-refractivity contribution in [1.82, 2.24) is 39.8 Å². The Morgan fingerprint density at radius 1 is 0.817 bits per heavy atom. The number of hydrogen-bond acceptors (Lipinski definition) is 14. The molecule has 1 aliphatic carbocycles. The van der Waals surface area contributed by atoms with E-state index >= 15 is 0 Å². The number of hydrogen-bond donors (Lipinski definition) is 3. The van der Waals surface area contributed by atoms with E-state index in [2.05, 4.69) is 111 Å². The number of amides is 4. The summed E-state index contributed by atoms with van der Waals surface area (Å²) in [5, 5.41) is 15.2. The minimum Gasteiger partial charge on any atom is -0.494 e. The van der Waals surface area contributed by atoms with Crippen LogP contribution < -0.4 is 35.8 Å². The highest BCUT2D eigenvalue weighted by Crippen LogP contribution is 2.44. The Kier molecular flexibility index (Phi) is 13.1. The van der Waals surface area contributed by atoms with Crippen molar-refractivity contribution in [3.8, 4) is 16.9 Å². The number of imide groups is 2. The summed E-state index contributed by atoms with van der Waals surface area (Å²) in [4.78, 5) is 71.4. The molecule has 5 aromatic rings. The summed E-state index contributed by atoms with van der Waals surface area (Å²) in [6.45, 7) is 13.2. The fraction of sp³-hybridized carbons (Fsp3) is 0.442. The number of halogens is 1. The van der Waals surface area contributed by atoms with Crippen molar-refractivity contribution in [2.75, 3.05) is 99.8 Å². The first-order chi connectivity index (χ1) is 34.4. The van der Waals surface area contributed by atoms with Crippen molar-refractivity contribution >= 4 is 87.3 Å². The molecule has 0 bridgehead atoms. The van der Waals surface area contributed by atoms with Gasteiger partial charge in [0.05, 0.1) is 34.6 Å². The fourth-order valence-corrected chi connectivity index (χ4v) is 12.2. The number of benzene rings is 3. The largest absolute Gasteiger partial charge is 0.494 e. The number of rotatable bonds is 14. The van der Waals surface area contributed by atoms with Gasteiger partial charge in [0.25, 0.3) is 11.8 Å². The zero-order valence-corrected chi connectivity index (χ0v) is 43.1. The van der Waals surface area contributed by atoms with Crippen LogP contribution in [0.5, 0.6) is 5.75 Å². The molecule has 1 saturated carbocycles. The average Bonchev–Trinajstić information content (AvgIpc) is 4.07. The van der Waals surface area contributed by atoms with E-state index in [1.54, 1.807) is 25.4 Å². The van der Waals surface area contributed by atoms with Gasteiger partial charge in [0.15, 0.2) is 0 Å². The maximum Gasteiger partial charge on any atom is 0.262 e. The van der Waals surface area contributed by atoms with Crippen molar-refractivity contribution in [3.63, 3.8) is 0 Å². The number of nitrogens with one attached hydrogen (secondary N) is 3. The van der Waals surface area contributed by atoms with Gasteiger partial charge in [0, 0.05) is 112 Å². The zero-order chi connectivity index (χ0) is 49.1. The third kappa shape index (κ3) is 9.63. The molecule has 0 radical (unpaired) electrons. The lowest BCUT2D eigenvalue weighted by Crippen LogP contribution is -2.61. The second-order valence-electron chi connectivity index (χ2n) is 20.1. The molecule has 11 rings (SSSR count). The molecule has 4 amide bonds. The number of anilines is 6. The predicted molar refractivity (Wildman–Crippen MR) is 280 cm³/mol. The number of ether oxygens (including phenoxy) is 1. The Hall–Kier alpha value is -5.94. The van der Waals surface area contributed by atoms with Crippen LogP contribution in [-0.2, 0) is 16.6 Å². The van der Waals surface area contributed by atoms with Crippen LogP contribution in [0.3, 0.4) is 0 Å². The molecule has 1 atom stereocenters. The highest BCUT2D eigenvalue weighted by atomic mass is 79.9. The molecule has 6 aliphatic rings. The summed E-state index contributed by atoms with van der Waals surface area (Å²) < 4.78 is 8.68. The minimum atomic E-state index is -0.967. The number of nitrogens with zero attached hydrogens (tertiary/aromatic N) is 9. The van der Waals surface area contributed by atoms with Crippen LogP contribution in [-0.4, -0.2) is 150 Å². The van der Waals surface area contributed by atoms with Gasteiger partial charge >= 0.3 is 0 Å². The molecule has 17 nitrogen and oxygen atoms in total. The summed E-state index contributed by atoms with van der Waals surface area (Å²) in [5.41, 5.74) is 7.99. The molecular formula is C52H60BrN12O5P. The summed E-state index contributed by atoms with van der Waals surface area (Å²) in [6.07, 6.45) is 10.9. The number of piperazine rings is 1. The molecule has 1 unspecified atom stereocenters. The van der Waals surface area contributed by atoms with Crippen LogP contribution >= 0.6 is 23.9 Å². The predicted octanol–water partition coefficient (Wildman–Crippen LogP) is 6.50. The normalized spacial score (nSPS) is 20.4. The van der Waals surface area contributed by atoms with E-state index in [0.717, 1.165) is 115 Å². The molecule has 5 fully saturated rings. The summed E-state index contributed by atoms with van der Waals surface area (Å²) in [6, 6.07) is 16.0. The lowest BCUT2D eigenvalue weighted by Gasteiger charge is -2.49. The highest BCUT2D eigenvalue weighted by Gasteiger charge is 2.45. The van der Waals surface area contributed by atoms with Crippen molar-refractivity contribution < 1.29 is 23.9 Å². The van der Waals surface area contributed by atoms with Crippen LogP contribution in [0.1, 0.15) is 70.7 Å². The molecule has 3 aromatic carbocycles. The number of carbonyl (C=O) groups excluding carboxylic acids is 4. The van der Waals surface area contributed by atoms with Gasteiger partial charge in [0.2, 0.25) is 17.8 Å². The number of aryl methyl sites for hydroxylation is 1. The molecule has 4 saturated heterocycles. The minimum absolute atomic E-state index is 0.0980. The van der Waals surface area contributed by atoms with E-state index in [4.69, 9.17) is 9.72 Å². The summed E-state index contributed by atoms with van der Waals surface area (Å²) in [7, 11) is 3.31. The SMILES string of the molecule is COc1cc(N2CCN(CC3CCN(C4CN(c5ccc6c(c5)C(=O)N(C5CCC(=O)NC5=O)C6=O)C4)CC3)CC2)c(-c2cnn(C)c2)cc1Nc1ncc(Br)c(Nc2ccc(C3CC3)cc2P(C)C)n1. The topological polar surface area (TPSA) is 173 Å². The van der Waals surface area contributed by atoms with Gasteiger partial charge in [-0.2, -0.15) is 10.1 Å². The van der Waals surface area contributed by atoms with Crippen molar-refractivity contribution in [3.05, 3.63) is 88.3 Å².